The average molecular weight is 768 g/mol. The van der Waals surface area contributed by atoms with Crippen molar-refractivity contribution in [1.29, 1.82) is 10.5 Å². The number of nitrogens with two attached hydrogens (primary N) is 1. The van der Waals surface area contributed by atoms with Crippen molar-refractivity contribution in [1.82, 2.24) is 10.2 Å². The molecule has 244 valence electrons. The van der Waals surface area contributed by atoms with Crippen molar-refractivity contribution in [3.05, 3.63) is 107 Å². The van der Waals surface area contributed by atoms with E-state index in [0.29, 0.717) is 54.5 Å². The number of nitrogens with zero attached hydrogens (tertiary/aromatic N) is 3. The van der Waals surface area contributed by atoms with E-state index in [1.807, 2.05) is 25.1 Å². The molecule has 4 N–H and O–H groups in total. The Labute approximate surface area is 327 Å². The number of aromatic amines is 1. The van der Waals surface area contributed by atoms with E-state index in [2.05, 4.69) is 14.9 Å². The molecule has 0 aliphatic heterocycles. The maximum atomic E-state index is 9.82. The third-order valence-corrected chi connectivity index (χ3v) is 7.70. The van der Waals surface area contributed by atoms with E-state index in [4.69, 9.17) is 85.9 Å². The van der Waals surface area contributed by atoms with Gasteiger partial charge in [-0.25, -0.2) is 0 Å². The number of carbonyl (C=O) groups excluding carboxylic acids is 1. The van der Waals surface area contributed by atoms with E-state index >= 15 is 0 Å². The number of hydrogen-bond donors (Lipinski definition) is 3. The third-order valence-electron chi connectivity index (χ3n) is 5.48. The maximum Gasteiger partial charge on any atom is 1.00 e. The molecule has 0 amide bonds. The smallest absolute Gasteiger partial charge is 1.00 e. The summed E-state index contributed by atoms with van der Waals surface area (Å²) in [5.41, 5.74) is 10.1. The average Bonchev–Trinajstić information content (AvgIpc) is 3.33. The molecule has 1 heterocycles. The van der Waals surface area contributed by atoms with Gasteiger partial charge in [0.2, 0.25) is 0 Å². The summed E-state index contributed by atoms with van der Waals surface area (Å²) in [4.78, 5) is 9.82. The molecule has 3 aromatic carbocycles. The number of nitrogens with one attached hydrogen (secondary N) is 1. The minimum atomic E-state index is -0.211. The summed E-state index contributed by atoms with van der Waals surface area (Å²) in [5.74, 6) is 0.217. The van der Waals surface area contributed by atoms with E-state index in [0.717, 1.165) is 22.4 Å². The zero-order valence-electron chi connectivity index (χ0n) is 27.1. The van der Waals surface area contributed by atoms with Crippen molar-refractivity contribution < 1.29 is 45.6 Å². The van der Waals surface area contributed by atoms with E-state index in [1.165, 1.54) is 13.8 Å². The standard InChI is InChI=1S/C10H9Cl2N3.C10H7Cl2NO.C8H5Cl2N.C4H8O2.Na.H/c1-5-9(10(13)15-14-5)6-2-3-7(11)8(12)4-6;1-6(14)8(5-13)7-2-3-9(11)10(12)4-7;9-7-2-1-6(3-4-11)5-8(7)10;1-3-6-4(2)5;;/h2-4H,1H3,(H3,13,14,15);2-4,14H,1H3;1-2,5H,3H2;3H2,1-2H3;;/q;;;;+1;-1/b;8-6-;;;;. The van der Waals surface area contributed by atoms with Gasteiger partial charge in [-0.2, -0.15) is 15.6 Å². The number of ether oxygens (including phenoxy) is 1. The zero-order chi connectivity index (χ0) is 35.0. The summed E-state index contributed by atoms with van der Waals surface area (Å²) in [6.45, 7) is 7.00. The van der Waals surface area contributed by atoms with Crippen LogP contribution in [0.1, 0.15) is 39.0 Å². The first-order valence-electron chi connectivity index (χ1n) is 13.1. The predicted octanol–water partition coefficient (Wildman–Crippen LogP) is 7.83. The van der Waals surface area contributed by atoms with E-state index < -0.39 is 0 Å². The molecule has 0 aliphatic carbocycles. The van der Waals surface area contributed by atoms with Crippen LogP contribution in [0, 0.1) is 29.6 Å². The van der Waals surface area contributed by atoms with Gasteiger partial charge in [0.15, 0.2) is 5.82 Å². The molecular weight excluding hydrogens is 738 g/mol. The number of allylic oxidation sites excluding steroid dienone is 2. The number of benzene rings is 3. The van der Waals surface area contributed by atoms with Crippen LogP contribution in [0.15, 0.2) is 60.4 Å². The van der Waals surface area contributed by atoms with Gasteiger partial charge in [-0.3, -0.25) is 9.89 Å². The molecule has 4 aromatic rings. The van der Waals surface area contributed by atoms with Crippen LogP contribution in [0.25, 0.3) is 16.7 Å². The Balaban J connectivity index is 0. The van der Waals surface area contributed by atoms with Gasteiger partial charge in [-0.15, -0.1) is 0 Å². The maximum absolute atomic E-state index is 9.82. The Hall–Kier alpha value is -2.60. The van der Waals surface area contributed by atoms with Crippen LogP contribution in [-0.4, -0.2) is 27.9 Å². The van der Waals surface area contributed by atoms with Crippen LogP contribution in [0.3, 0.4) is 0 Å². The Kier molecular flexibility index (Phi) is 21.6. The first-order chi connectivity index (χ1) is 21.7. The number of carbonyl (C=O) groups is 1. The molecule has 0 atom stereocenters. The number of esters is 1. The van der Waals surface area contributed by atoms with E-state index in [9.17, 15) is 9.90 Å². The van der Waals surface area contributed by atoms with Gasteiger partial charge < -0.3 is 17.0 Å². The Morgan fingerprint density at radius 1 is 0.915 bits per heavy atom. The first kappa shape index (κ1) is 44.4. The van der Waals surface area contributed by atoms with Crippen molar-refractivity contribution in [2.45, 2.75) is 34.1 Å². The van der Waals surface area contributed by atoms with Crippen LogP contribution in [-0.2, 0) is 16.0 Å². The number of hydrogen-bond acceptors (Lipinski definition) is 7. The number of nitriles is 2. The second-order valence-corrected chi connectivity index (χ2v) is 11.4. The summed E-state index contributed by atoms with van der Waals surface area (Å²) >= 11 is 34.6. The zero-order valence-corrected chi connectivity index (χ0v) is 32.6. The number of aromatic nitrogens is 2. The van der Waals surface area contributed by atoms with Crippen LogP contribution in [0.5, 0.6) is 0 Å². The SMILES string of the molecule is C/C(O)=C(\C#N)c1ccc(Cl)c(Cl)c1.CCOC(C)=O.Cc1[nH]nc(N)c1-c1ccc(Cl)c(Cl)c1.N#CCc1ccc(Cl)c(Cl)c1.[H-].[Na+]. The Morgan fingerprint density at radius 2 is 1.45 bits per heavy atom. The van der Waals surface area contributed by atoms with Crippen LogP contribution in [0.4, 0.5) is 5.82 Å². The molecule has 0 saturated carbocycles. The van der Waals surface area contributed by atoms with Gasteiger partial charge >= 0.3 is 35.5 Å². The van der Waals surface area contributed by atoms with Gasteiger partial charge in [0.1, 0.15) is 11.8 Å². The minimum absolute atomic E-state index is 0. The third kappa shape index (κ3) is 15.4. The Bertz CT molecular complexity index is 1750. The van der Waals surface area contributed by atoms with Crippen molar-refractivity contribution in [3.63, 3.8) is 0 Å². The van der Waals surface area contributed by atoms with E-state index in [-0.39, 0.29) is 48.3 Å². The molecule has 15 heteroatoms. The summed E-state index contributed by atoms with van der Waals surface area (Å²) in [5, 5.41) is 35.9. The van der Waals surface area contributed by atoms with Crippen molar-refractivity contribution in [3.8, 4) is 23.3 Å². The van der Waals surface area contributed by atoms with Gasteiger partial charge in [-0.05, 0) is 73.9 Å². The van der Waals surface area contributed by atoms with Crippen LogP contribution < -0.4 is 35.3 Å². The van der Waals surface area contributed by atoms with Crippen LogP contribution >= 0.6 is 69.6 Å². The number of H-pyrrole nitrogens is 1. The number of nitrogen functional groups attached to an aromatic ring is 1. The number of aliphatic hydroxyl groups excluding tert-OH is 1. The van der Waals surface area contributed by atoms with Crippen molar-refractivity contribution in [2.75, 3.05) is 12.3 Å². The first-order valence-corrected chi connectivity index (χ1v) is 15.4. The van der Waals surface area contributed by atoms with Crippen LogP contribution in [0.2, 0.25) is 30.1 Å². The molecule has 8 nitrogen and oxygen atoms in total. The molecule has 0 fully saturated rings. The monoisotopic (exact) mass is 765 g/mol. The normalized spacial score (nSPS) is 10.0. The molecular formula is C32H30Cl6N5NaO3. The fraction of sp³-hybridized carbons (Fsp3) is 0.188. The molecule has 0 spiro atoms. The van der Waals surface area contributed by atoms with E-state index in [1.54, 1.807) is 55.5 Å². The topological polar surface area (TPSA) is 149 Å². The molecule has 0 radical (unpaired) electrons. The Morgan fingerprint density at radius 3 is 1.83 bits per heavy atom. The second kappa shape index (κ2) is 22.9. The fourth-order valence-corrected chi connectivity index (χ4v) is 4.33. The van der Waals surface area contributed by atoms with Gasteiger partial charge in [0.05, 0.1) is 54.8 Å². The quantitative estimate of drug-likeness (QED) is 0.0830. The minimum Gasteiger partial charge on any atom is -1.00 e. The van der Waals surface area contributed by atoms with Gasteiger partial charge in [-0.1, -0.05) is 87.8 Å². The number of halogens is 6. The van der Waals surface area contributed by atoms with Crippen molar-refractivity contribution >= 4 is 87.0 Å². The molecule has 0 bridgehead atoms. The molecule has 4 rings (SSSR count). The fourth-order valence-electron chi connectivity index (χ4n) is 3.41. The molecule has 47 heavy (non-hydrogen) atoms. The largest absolute Gasteiger partial charge is 1.00 e. The van der Waals surface area contributed by atoms with Gasteiger partial charge in [0, 0.05) is 18.2 Å². The van der Waals surface area contributed by atoms with Crippen molar-refractivity contribution in [2.24, 2.45) is 0 Å². The number of aryl methyl sites for hydroxylation is 1. The molecule has 1 aromatic heterocycles. The molecule has 0 saturated heterocycles. The molecule has 0 unspecified atom stereocenters. The predicted molar refractivity (Wildman–Crippen MR) is 190 cm³/mol. The number of aliphatic hydroxyl groups is 1. The molecule has 0 aliphatic rings. The second-order valence-electron chi connectivity index (χ2n) is 8.95. The van der Waals surface area contributed by atoms with Gasteiger partial charge in [0.25, 0.3) is 0 Å². The number of rotatable bonds is 4. The number of anilines is 1. The summed E-state index contributed by atoms with van der Waals surface area (Å²) < 4.78 is 4.40. The summed E-state index contributed by atoms with van der Waals surface area (Å²) in [6, 6.07) is 19.2. The summed E-state index contributed by atoms with van der Waals surface area (Å²) in [6.07, 6.45) is 0.372. The summed E-state index contributed by atoms with van der Waals surface area (Å²) in [7, 11) is 0.